The number of carbonyl (C=O) groups excluding carboxylic acids is 2. The molecule has 0 radical (unpaired) electrons. The average Bonchev–Trinajstić information content (AvgIpc) is 3.29. The fourth-order valence-corrected chi connectivity index (χ4v) is 5.61. The van der Waals surface area contributed by atoms with E-state index < -0.39 is 0 Å². The topological polar surface area (TPSA) is 37.4 Å². The number of carbonyl (C=O) groups is 2. The van der Waals surface area contributed by atoms with Crippen molar-refractivity contribution in [3.63, 3.8) is 0 Å². The Morgan fingerprint density at radius 2 is 1.52 bits per heavy atom. The largest absolute Gasteiger partial charge is 0.378 e. The normalized spacial score (nSPS) is 15.9. The van der Waals surface area contributed by atoms with Gasteiger partial charge in [-0.25, -0.2) is 0 Å². The first kappa shape index (κ1) is 18.1. The molecule has 5 rings (SSSR count). The first-order chi connectivity index (χ1) is 13.8. The van der Waals surface area contributed by atoms with Crippen molar-refractivity contribution < 1.29 is 9.59 Å². The van der Waals surface area contributed by atoms with Crippen molar-refractivity contribution >= 4 is 34.7 Å². The number of hydrogen-bond acceptors (Lipinski definition) is 4. The van der Waals surface area contributed by atoms with Crippen molar-refractivity contribution in [3.05, 3.63) is 80.5 Å². The minimum absolute atomic E-state index is 0.106. The van der Waals surface area contributed by atoms with Crippen molar-refractivity contribution in [3.8, 4) is 11.1 Å². The molecule has 1 heterocycles. The van der Waals surface area contributed by atoms with Crippen molar-refractivity contribution in [2.24, 2.45) is 0 Å². The molecule has 2 aliphatic carbocycles. The van der Waals surface area contributed by atoms with E-state index >= 15 is 0 Å². The van der Waals surface area contributed by atoms with E-state index in [0.29, 0.717) is 11.1 Å². The Morgan fingerprint density at radius 1 is 0.862 bits per heavy atom. The Balaban J connectivity index is 1.60. The highest BCUT2D eigenvalue weighted by atomic mass is 32.1. The number of Topliss-reactive ketones (excluding diaryl/α,β-unsaturated/α-hetero) is 2. The number of thiophene rings is 1. The van der Waals surface area contributed by atoms with Gasteiger partial charge in [0.1, 0.15) is 0 Å². The van der Waals surface area contributed by atoms with E-state index in [1.54, 1.807) is 41.7 Å². The Labute approximate surface area is 174 Å². The molecule has 2 aliphatic rings. The fourth-order valence-electron chi connectivity index (χ4n) is 4.38. The predicted octanol–water partition coefficient (Wildman–Crippen LogP) is 5.58. The third kappa shape index (κ3) is 2.49. The van der Waals surface area contributed by atoms with Crippen LogP contribution in [0.15, 0.2) is 54.1 Å². The van der Waals surface area contributed by atoms with Crippen LogP contribution in [0.1, 0.15) is 49.9 Å². The second-order valence-electron chi connectivity index (χ2n) is 8.40. The highest BCUT2D eigenvalue weighted by Crippen LogP contribution is 2.53. The second kappa shape index (κ2) is 6.01. The summed E-state index contributed by atoms with van der Waals surface area (Å²) in [4.78, 5) is 29.8. The van der Waals surface area contributed by atoms with E-state index in [1.807, 2.05) is 0 Å². The van der Waals surface area contributed by atoms with Gasteiger partial charge in [0.25, 0.3) is 0 Å². The molecule has 0 aliphatic heterocycles. The van der Waals surface area contributed by atoms with Gasteiger partial charge in [-0.05, 0) is 41.0 Å². The smallest absolute Gasteiger partial charge is 0.197 e. The third-order valence-electron chi connectivity index (χ3n) is 5.99. The molecule has 3 aromatic rings. The van der Waals surface area contributed by atoms with Crippen LogP contribution in [0.25, 0.3) is 17.2 Å². The van der Waals surface area contributed by atoms with E-state index in [-0.39, 0.29) is 22.6 Å². The summed E-state index contributed by atoms with van der Waals surface area (Å²) in [5.74, 6) is -0.344. The number of rotatable bonds is 2. The van der Waals surface area contributed by atoms with Crippen LogP contribution in [0.2, 0.25) is 0 Å². The van der Waals surface area contributed by atoms with Crippen LogP contribution in [0.3, 0.4) is 0 Å². The molecule has 0 bridgehead atoms. The van der Waals surface area contributed by atoms with Crippen molar-refractivity contribution in [1.29, 1.82) is 0 Å². The van der Waals surface area contributed by atoms with Crippen LogP contribution in [-0.4, -0.2) is 25.7 Å². The molecule has 0 unspecified atom stereocenters. The minimum atomic E-state index is -0.172. The maximum absolute atomic E-state index is 12.7. The highest BCUT2D eigenvalue weighted by molar-refractivity contribution is 7.13. The van der Waals surface area contributed by atoms with Gasteiger partial charge >= 0.3 is 0 Å². The Morgan fingerprint density at radius 3 is 2.14 bits per heavy atom. The van der Waals surface area contributed by atoms with Gasteiger partial charge in [-0.1, -0.05) is 44.2 Å². The third-order valence-corrected chi connectivity index (χ3v) is 7.40. The summed E-state index contributed by atoms with van der Waals surface area (Å²) < 4.78 is 0. The highest BCUT2D eigenvalue weighted by Gasteiger charge is 2.38. The molecule has 0 N–H and O–H groups in total. The van der Waals surface area contributed by atoms with E-state index in [9.17, 15) is 9.59 Å². The molecular weight excluding hydrogens is 378 g/mol. The summed E-state index contributed by atoms with van der Waals surface area (Å²) in [6, 6.07) is 15.8. The molecule has 2 aromatic carbocycles. The summed E-state index contributed by atoms with van der Waals surface area (Å²) in [5.41, 5.74) is 6.15. The number of allylic oxidation sites excluding steroid dienone is 1. The summed E-state index contributed by atoms with van der Waals surface area (Å²) >= 11 is 1.67. The first-order valence-corrected chi connectivity index (χ1v) is 10.5. The van der Waals surface area contributed by atoms with E-state index in [2.05, 4.69) is 57.1 Å². The summed E-state index contributed by atoms with van der Waals surface area (Å²) in [7, 11) is 4.11. The Hall–Kier alpha value is -2.98. The molecule has 29 heavy (non-hydrogen) atoms. The van der Waals surface area contributed by atoms with Crippen molar-refractivity contribution in [1.82, 2.24) is 0 Å². The summed E-state index contributed by atoms with van der Waals surface area (Å²) in [6.07, 6.45) is 1.78. The van der Waals surface area contributed by atoms with Crippen LogP contribution in [0.5, 0.6) is 0 Å². The number of anilines is 1. The molecule has 0 saturated carbocycles. The average molecular weight is 400 g/mol. The van der Waals surface area contributed by atoms with Crippen molar-refractivity contribution in [2.75, 3.05) is 19.0 Å². The molecule has 1 aromatic heterocycles. The molecule has 0 atom stereocenters. The molecule has 0 saturated heterocycles. The fraction of sp³-hybridized carbons (Fsp3) is 0.200. The lowest BCUT2D eigenvalue weighted by atomic mass is 9.86. The van der Waals surface area contributed by atoms with Gasteiger partial charge in [-0.15, -0.1) is 11.3 Å². The number of fused-ring (bicyclic) bond motifs is 4. The van der Waals surface area contributed by atoms with Crippen LogP contribution >= 0.6 is 11.3 Å². The van der Waals surface area contributed by atoms with E-state index in [1.165, 1.54) is 27.3 Å². The lowest BCUT2D eigenvalue weighted by Gasteiger charge is -2.22. The Kier molecular flexibility index (Phi) is 3.74. The summed E-state index contributed by atoms with van der Waals surface area (Å²) in [6.45, 7) is 4.48. The monoisotopic (exact) mass is 399 g/mol. The molecule has 4 heteroatoms. The molecular formula is C25H21NO2S. The van der Waals surface area contributed by atoms with Crippen LogP contribution in [-0.2, 0) is 5.41 Å². The quantitative estimate of drug-likeness (QED) is 0.417. The van der Waals surface area contributed by atoms with Gasteiger partial charge in [0.05, 0.1) is 5.57 Å². The lowest BCUT2D eigenvalue weighted by Crippen LogP contribution is -2.15. The first-order valence-electron chi connectivity index (χ1n) is 9.65. The molecule has 3 nitrogen and oxygen atoms in total. The van der Waals surface area contributed by atoms with Gasteiger partial charge in [0.15, 0.2) is 11.6 Å². The number of hydrogen-bond donors (Lipinski definition) is 0. The Bertz CT molecular complexity index is 1210. The zero-order valence-electron chi connectivity index (χ0n) is 16.9. The SMILES string of the molecule is CN(C)c1ccc2c(c1)C(C)(C)c1sc(C=C3C(=O)c4ccccc4C3=O)cc1-2. The molecule has 0 spiro atoms. The zero-order valence-corrected chi connectivity index (χ0v) is 17.7. The lowest BCUT2D eigenvalue weighted by molar-refractivity contribution is 0.0990. The predicted molar refractivity (Wildman–Crippen MR) is 119 cm³/mol. The maximum Gasteiger partial charge on any atom is 0.197 e. The molecule has 0 fully saturated rings. The van der Waals surface area contributed by atoms with E-state index in [0.717, 1.165) is 4.88 Å². The standard InChI is InChI=1S/C25H21NO2S/c1-25(2)21-11-14(26(3)4)9-10-16(21)19-12-15(29-24(19)25)13-20-22(27)17-7-5-6-8-18(17)23(20)28/h5-13H,1-4H3. The van der Waals surface area contributed by atoms with Gasteiger partial charge < -0.3 is 4.90 Å². The molecule has 144 valence electrons. The second-order valence-corrected chi connectivity index (χ2v) is 9.49. The van der Waals surface area contributed by atoms with Crippen LogP contribution < -0.4 is 4.90 Å². The maximum atomic E-state index is 12.7. The van der Waals surface area contributed by atoms with Gasteiger partial charge in [0, 0.05) is 46.1 Å². The van der Waals surface area contributed by atoms with Crippen LogP contribution in [0, 0.1) is 0 Å². The number of ketones is 2. The minimum Gasteiger partial charge on any atom is -0.378 e. The summed E-state index contributed by atoms with van der Waals surface area (Å²) in [5, 5.41) is 0. The van der Waals surface area contributed by atoms with Crippen LogP contribution in [0.4, 0.5) is 5.69 Å². The van der Waals surface area contributed by atoms with Gasteiger partial charge in [-0.3, -0.25) is 9.59 Å². The number of nitrogens with zero attached hydrogens (tertiary/aromatic N) is 1. The van der Waals surface area contributed by atoms with Gasteiger partial charge in [0.2, 0.25) is 0 Å². The van der Waals surface area contributed by atoms with Gasteiger partial charge in [-0.2, -0.15) is 0 Å². The zero-order chi connectivity index (χ0) is 20.5. The molecule has 0 amide bonds. The van der Waals surface area contributed by atoms with Crippen molar-refractivity contribution in [2.45, 2.75) is 19.3 Å². The number of benzene rings is 2. The van der Waals surface area contributed by atoms with E-state index in [4.69, 9.17) is 0 Å².